The van der Waals surface area contributed by atoms with Gasteiger partial charge in [-0.3, -0.25) is 4.79 Å². The molecule has 1 rings (SSSR count). The van der Waals surface area contributed by atoms with Crippen LogP contribution in [0.3, 0.4) is 0 Å². The molecule has 0 saturated carbocycles. The van der Waals surface area contributed by atoms with Gasteiger partial charge in [0.1, 0.15) is 5.82 Å². The van der Waals surface area contributed by atoms with Crippen LogP contribution in [-0.4, -0.2) is 47.1 Å². The molecule has 0 bridgehead atoms. The summed E-state index contributed by atoms with van der Waals surface area (Å²) in [5, 5.41) is 12.1. The Morgan fingerprint density at radius 2 is 2.22 bits per heavy atom. The van der Waals surface area contributed by atoms with Gasteiger partial charge in [-0.25, -0.2) is 4.98 Å². The van der Waals surface area contributed by atoms with Crippen molar-refractivity contribution in [3.8, 4) is 0 Å². The highest BCUT2D eigenvalue weighted by Gasteiger charge is 2.14. The summed E-state index contributed by atoms with van der Waals surface area (Å²) < 4.78 is 0. The maximum Gasteiger partial charge on any atom is 0.254 e. The second-order valence-corrected chi connectivity index (χ2v) is 3.98. The number of aromatic nitrogens is 1. The van der Waals surface area contributed by atoms with E-state index in [-0.39, 0.29) is 12.5 Å². The van der Waals surface area contributed by atoms with E-state index in [9.17, 15) is 4.79 Å². The van der Waals surface area contributed by atoms with Crippen LogP contribution in [0.25, 0.3) is 0 Å². The molecular weight excluding hydrogens is 230 g/mol. The van der Waals surface area contributed by atoms with E-state index in [1.54, 1.807) is 23.2 Å². The van der Waals surface area contributed by atoms with Crippen molar-refractivity contribution in [2.24, 2.45) is 0 Å². The first kappa shape index (κ1) is 14.4. The second kappa shape index (κ2) is 7.66. The number of pyridine rings is 1. The van der Waals surface area contributed by atoms with E-state index in [0.29, 0.717) is 24.5 Å². The molecule has 0 aliphatic rings. The molecule has 0 radical (unpaired) electrons. The molecule has 0 unspecified atom stereocenters. The van der Waals surface area contributed by atoms with Crippen molar-refractivity contribution in [1.82, 2.24) is 9.88 Å². The maximum absolute atomic E-state index is 12.2. The normalized spacial score (nSPS) is 10.2. The summed E-state index contributed by atoms with van der Waals surface area (Å²) in [5.41, 5.74) is 0.600. The quantitative estimate of drug-likeness (QED) is 0.768. The van der Waals surface area contributed by atoms with Crippen LogP contribution in [-0.2, 0) is 0 Å². The van der Waals surface area contributed by atoms with Crippen molar-refractivity contribution in [2.45, 2.75) is 20.3 Å². The number of amides is 1. The van der Waals surface area contributed by atoms with Crippen LogP contribution in [0.15, 0.2) is 18.3 Å². The predicted molar refractivity (Wildman–Crippen MR) is 71.7 cm³/mol. The van der Waals surface area contributed by atoms with Gasteiger partial charge in [-0.15, -0.1) is 0 Å². The van der Waals surface area contributed by atoms with E-state index < -0.39 is 0 Å². The lowest BCUT2D eigenvalue weighted by molar-refractivity contribution is 0.0722. The Balaban J connectivity index is 2.82. The number of hydrogen-bond acceptors (Lipinski definition) is 4. The standard InChI is InChI=1S/C13H21N3O2/c1-3-7-16(8-9-17)13(18)11-5-6-15-12(10-11)14-4-2/h5-6,10,17H,3-4,7-9H2,1-2H3,(H,14,15). The number of nitrogens with one attached hydrogen (secondary N) is 1. The minimum atomic E-state index is -0.0625. The third-order valence-electron chi connectivity index (χ3n) is 2.52. The number of anilines is 1. The Bertz CT molecular complexity index is 376. The minimum absolute atomic E-state index is 0.0170. The van der Waals surface area contributed by atoms with E-state index in [2.05, 4.69) is 10.3 Å². The predicted octanol–water partition coefficient (Wildman–Crippen LogP) is 1.36. The van der Waals surface area contributed by atoms with Crippen LogP contribution in [0.4, 0.5) is 5.82 Å². The third-order valence-corrected chi connectivity index (χ3v) is 2.52. The molecule has 0 spiro atoms. The fraction of sp³-hybridized carbons (Fsp3) is 0.538. The first-order valence-corrected chi connectivity index (χ1v) is 6.33. The molecule has 0 saturated heterocycles. The van der Waals surface area contributed by atoms with Crippen molar-refractivity contribution in [3.63, 3.8) is 0 Å². The molecule has 18 heavy (non-hydrogen) atoms. The fourth-order valence-electron chi connectivity index (χ4n) is 1.73. The van der Waals surface area contributed by atoms with Gasteiger partial charge in [-0.2, -0.15) is 0 Å². The first-order valence-electron chi connectivity index (χ1n) is 6.33. The maximum atomic E-state index is 12.2. The van der Waals surface area contributed by atoms with Crippen LogP contribution in [0, 0.1) is 0 Å². The van der Waals surface area contributed by atoms with Gasteiger partial charge < -0.3 is 15.3 Å². The van der Waals surface area contributed by atoms with Crippen molar-refractivity contribution in [3.05, 3.63) is 23.9 Å². The molecule has 1 aromatic heterocycles. The molecule has 0 aromatic carbocycles. The van der Waals surface area contributed by atoms with Crippen molar-refractivity contribution in [2.75, 3.05) is 31.6 Å². The second-order valence-electron chi connectivity index (χ2n) is 3.98. The van der Waals surface area contributed by atoms with E-state index >= 15 is 0 Å². The summed E-state index contributed by atoms with van der Waals surface area (Å²) in [6, 6.07) is 3.44. The van der Waals surface area contributed by atoms with Gasteiger partial charge in [0.25, 0.3) is 5.91 Å². The van der Waals surface area contributed by atoms with E-state index in [0.717, 1.165) is 13.0 Å². The number of aliphatic hydroxyl groups is 1. The van der Waals surface area contributed by atoms with Crippen molar-refractivity contribution < 1.29 is 9.90 Å². The Kier molecular flexibility index (Phi) is 6.14. The summed E-state index contributed by atoms with van der Waals surface area (Å²) in [5.74, 6) is 0.635. The average molecular weight is 251 g/mol. The number of carbonyl (C=O) groups excluding carboxylic acids is 1. The molecule has 2 N–H and O–H groups in total. The molecular formula is C13H21N3O2. The zero-order valence-electron chi connectivity index (χ0n) is 11.0. The SMILES string of the molecule is CCCN(CCO)C(=O)c1ccnc(NCC)c1. The summed E-state index contributed by atoms with van der Waals surface area (Å²) >= 11 is 0. The topological polar surface area (TPSA) is 65.5 Å². The highest BCUT2D eigenvalue weighted by atomic mass is 16.3. The van der Waals surface area contributed by atoms with Gasteiger partial charge in [0.05, 0.1) is 6.61 Å². The number of carbonyl (C=O) groups is 1. The summed E-state index contributed by atoms with van der Waals surface area (Å²) in [6.07, 6.45) is 2.49. The van der Waals surface area contributed by atoms with Crippen LogP contribution < -0.4 is 5.32 Å². The van der Waals surface area contributed by atoms with Crippen molar-refractivity contribution in [1.29, 1.82) is 0 Å². The van der Waals surface area contributed by atoms with Crippen LogP contribution in [0.2, 0.25) is 0 Å². The molecule has 0 fully saturated rings. The zero-order chi connectivity index (χ0) is 13.4. The van der Waals surface area contributed by atoms with Gasteiger partial charge in [0, 0.05) is 31.4 Å². The first-order chi connectivity index (χ1) is 8.72. The highest BCUT2D eigenvalue weighted by molar-refractivity contribution is 5.94. The molecule has 1 heterocycles. The number of rotatable bonds is 7. The van der Waals surface area contributed by atoms with Crippen molar-refractivity contribution >= 4 is 11.7 Å². The average Bonchev–Trinajstić information content (AvgIpc) is 2.38. The molecule has 1 amide bonds. The van der Waals surface area contributed by atoms with Crippen LogP contribution in [0.1, 0.15) is 30.6 Å². The third kappa shape index (κ3) is 4.00. The summed E-state index contributed by atoms with van der Waals surface area (Å²) in [6.45, 7) is 5.75. The lowest BCUT2D eigenvalue weighted by Gasteiger charge is -2.21. The highest BCUT2D eigenvalue weighted by Crippen LogP contribution is 2.10. The van der Waals surface area contributed by atoms with Crippen LogP contribution >= 0.6 is 0 Å². The van der Waals surface area contributed by atoms with Gasteiger partial charge in [-0.05, 0) is 25.5 Å². The molecule has 5 heteroatoms. The Morgan fingerprint density at radius 1 is 1.44 bits per heavy atom. The lowest BCUT2D eigenvalue weighted by atomic mass is 10.2. The summed E-state index contributed by atoms with van der Waals surface area (Å²) in [7, 11) is 0. The Labute approximate surface area is 108 Å². The molecule has 5 nitrogen and oxygen atoms in total. The Hall–Kier alpha value is -1.62. The van der Waals surface area contributed by atoms with Gasteiger partial charge in [-0.1, -0.05) is 6.92 Å². The molecule has 0 aliphatic carbocycles. The van der Waals surface area contributed by atoms with Gasteiger partial charge in [0.2, 0.25) is 0 Å². The monoisotopic (exact) mass is 251 g/mol. The molecule has 0 aliphatic heterocycles. The number of aliphatic hydroxyl groups excluding tert-OH is 1. The van der Waals surface area contributed by atoms with Gasteiger partial charge >= 0.3 is 0 Å². The Morgan fingerprint density at radius 3 is 2.83 bits per heavy atom. The van der Waals surface area contributed by atoms with E-state index in [4.69, 9.17) is 5.11 Å². The number of nitrogens with zero attached hydrogens (tertiary/aromatic N) is 2. The van der Waals surface area contributed by atoms with E-state index in [1.165, 1.54) is 0 Å². The fourth-order valence-corrected chi connectivity index (χ4v) is 1.73. The molecule has 100 valence electrons. The zero-order valence-corrected chi connectivity index (χ0v) is 11.0. The minimum Gasteiger partial charge on any atom is -0.395 e. The van der Waals surface area contributed by atoms with E-state index in [1.807, 2.05) is 13.8 Å². The molecule has 1 aromatic rings. The largest absolute Gasteiger partial charge is 0.395 e. The summed E-state index contributed by atoms with van der Waals surface area (Å²) in [4.78, 5) is 18.0. The molecule has 0 atom stereocenters. The number of hydrogen-bond donors (Lipinski definition) is 2. The lowest BCUT2D eigenvalue weighted by Crippen LogP contribution is -2.34. The van der Waals surface area contributed by atoms with Crippen LogP contribution in [0.5, 0.6) is 0 Å². The smallest absolute Gasteiger partial charge is 0.254 e. The van der Waals surface area contributed by atoms with Gasteiger partial charge in [0.15, 0.2) is 0 Å².